The van der Waals surface area contributed by atoms with Crippen molar-refractivity contribution in [1.82, 2.24) is 0 Å². The van der Waals surface area contributed by atoms with E-state index in [-0.39, 0.29) is 0 Å². The van der Waals surface area contributed by atoms with Gasteiger partial charge in [0.1, 0.15) is 0 Å². The summed E-state index contributed by atoms with van der Waals surface area (Å²) in [7, 11) is 0. The number of hydrogen-bond acceptors (Lipinski definition) is 1. The van der Waals surface area contributed by atoms with Gasteiger partial charge in [-0.1, -0.05) is 33.1 Å². The normalized spacial score (nSPS) is 13.4. The molecule has 1 heteroatoms. The van der Waals surface area contributed by atoms with Crippen molar-refractivity contribution < 1.29 is 4.74 Å². The second-order valence-electron chi connectivity index (χ2n) is 3.15. The highest BCUT2D eigenvalue weighted by Crippen LogP contribution is 2.02. The van der Waals surface area contributed by atoms with Gasteiger partial charge in [0, 0.05) is 6.61 Å². The van der Waals surface area contributed by atoms with Gasteiger partial charge in [-0.15, -0.1) is 0 Å². The largest absolute Gasteiger partial charge is 0.379 e. The lowest BCUT2D eigenvalue weighted by Gasteiger charge is -2.09. The summed E-state index contributed by atoms with van der Waals surface area (Å²) in [6.45, 7) is 7.49. The monoisotopic (exact) mass is 158 g/mol. The summed E-state index contributed by atoms with van der Waals surface area (Å²) in [6, 6.07) is 0. The van der Waals surface area contributed by atoms with E-state index in [2.05, 4.69) is 20.8 Å². The van der Waals surface area contributed by atoms with Crippen LogP contribution in [-0.4, -0.2) is 12.7 Å². The Balaban J connectivity index is 2.89. The second kappa shape index (κ2) is 8.06. The number of hydrogen-bond donors (Lipinski definition) is 0. The molecule has 1 unspecified atom stereocenters. The molecule has 0 saturated carbocycles. The maximum absolute atomic E-state index is 5.54. The third-order valence-corrected chi connectivity index (χ3v) is 1.98. The highest BCUT2D eigenvalue weighted by atomic mass is 16.5. The van der Waals surface area contributed by atoms with E-state index in [4.69, 9.17) is 4.74 Å². The van der Waals surface area contributed by atoms with Crippen LogP contribution in [0.2, 0.25) is 0 Å². The van der Waals surface area contributed by atoms with Crippen LogP contribution in [0.5, 0.6) is 0 Å². The van der Waals surface area contributed by atoms with Gasteiger partial charge in [0.15, 0.2) is 0 Å². The molecule has 0 aliphatic rings. The third kappa shape index (κ3) is 7.86. The molecule has 0 radical (unpaired) electrons. The Morgan fingerprint density at radius 3 is 2.36 bits per heavy atom. The first-order valence-electron chi connectivity index (χ1n) is 4.92. The van der Waals surface area contributed by atoms with Crippen molar-refractivity contribution in [2.75, 3.05) is 6.61 Å². The van der Waals surface area contributed by atoms with Crippen molar-refractivity contribution in [2.24, 2.45) is 0 Å². The third-order valence-electron chi connectivity index (χ3n) is 1.98. The van der Waals surface area contributed by atoms with Crippen molar-refractivity contribution in [3.05, 3.63) is 0 Å². The molecule has 0 N–H and O–H groups in total. The minimum absolute atomic E-state index is 0.455. The van der Waals surface area contributed by atoms with Gasteiger partial charge in [0.2, 0.25) is 0 Å². The molecule has 11 heavy (non-hydrogen) atoms. The van der Waals surface area contributed by atoms with E-state index < -0.39 is 0 Å². The van der Waals surface area contributed by atoms with Crippen LogP contribution in [0.4, 0.5) is 0 Å². The van der Waals surface area contributed by atoms with Gasteiger partial charge in [0.05, 0.1) is 6.10 Å². The van der Waals surface area contributed by atoms with Crippen molar-refractivity contribution in [3.63, 3.8) is 0 Å². The summed E-state index contributed by atoms with van der Waals surface area (Å²) in [4.78, 5) is 0. The lowest BCUT2D eigenvalue weighted by molar-refractivity contribution is 0.0608. The van der Waals surface area contributed by atoms with Gasteiger partial charge in [-0.2, -0.15) is 0 Å². The van der Waals surface area contributed by atoms with Crippen LogP contribution >= 0.6 is 0 Å². The molecular weight excluding hydrogens is 136 g/mol. The molecular formula is C10H22O. The molecule has 68 valence electrons. The Kier molecular flexibility index (Phi) is 8.03. The Morgan fingerprint density at radius 1 is 1.09 bits per heavy atom. The van der Waals surface area contributed by atoms with Gasteiger partial charge in [-0.3, -0.25) is 0 Å². The summed E-state index contributed by atoms with van der Waals surface area (Å²) >= 11 is 0. The molecule has 0 fully saturated rings. The zero-order valence-electron chi connectivity index (χ0n) is 8.23. The topological polar surface area (TPSA) is 9.23 Å². The van der Waals surface area contributed by atoms with Crippen molar-refractivity contribution >= 4 is 0 Å². The Labute approximate surface area is 71.1 Å². The number of ether oxygens (including phenoxy) is 1. The van der Waals surface area contributed by atoms with Crippen LogP contribution < -0.4 is 0 Å². The second-order valence-corrected chi connectivity index (χ2v) is 3.15. The zero-order chi connectivity index (χ0) is 8.53. The maximum atomic E-state index is 5.54. The van der Waals surface area contributed by atoms with Gasteiger partial charge >= 0.3 is 0 Å². The molecule has 0 aromatic heterocycles. The molecule has 0 aliphatic heterocycles. The van der Waals surface area contributed by atoms with Crippen LogP contribution in [0.3, 0.4) is 0 Å². The van der Waals surface area contributed by atoms with Crippen molar-refractivity contribution in [3.8, 4) is 0 Å². The molecule has 0 bridgehead atoms. The molecule has 0 aromatic rings. The summed E-state index contributed by atoms with van der Waals surface area (Å²) in [6.07, 6.45) is 6.81. The highest BCUT2D eigenvalue weighted by molar-refractivity contribution is 4.45. The lowest BCUT2D eigenvalue weighted by Crippen LogP contribution is -2.07. The average molecular weight is 158 g/mol. The van der Waals surface area contributed by atoms with Gasteiger partial charge in [0.25, 0.3) is 0 Å². The highest BCUT2D eigenvalue weighted by Gasteiger charge is 1.96. The summed E-state index contributed by atoms with van der Waals surface area (Å²) in [5.41, 5.74) is 0. The predicted octanol–water partition coefficient (Wildman–Crippen LogP) is 3.38. The first-order valence-corrected chi connectivity index (χ1v) is 4.92. The van der Waals surface area contributed by atoms with E-state index in [1.807, 2.05) is 0 Å². The molecule has 0 saturated heterocycles. The van der Waals surface area contributed by atoms with Crippen LogP contribution in [0.25, 0.3) is 0 Å². The van der Waals surface area contributed by atoms with Crippen LogP contribution in [0, 0.1) is 0 Å². The first kappa shape index (κ1) is 11.0. The Hall–Kier alpha value is -0.0400. The van der Waals surface area contributed by atoms with E-state index in [0.29, 0.717) is 6.10 Å². The average Bonchev–Trinajstić information content (AvgIpc) is 2.04. The van der Waals surface area contributed by atoms with Crippen molar-refractivity contribution in [2.45, 2.75) is 59.0 Å². The standard InChI is InChI=1S/C10H22O/c1-4-6-7-8-9-11-10(3)5-2/h10H,4-9H2,1-3H3. The van der Waals surface area contributed by atoms with Gasteiger partial charge in [-0.25, -0.2) is 0 Å². The minimum Gasteiger partial charge on any atom is -0.379 e. The first-order chi connectivity index (χ1) is 5.31. The molecule has 0 aromatic carbocycles. The smallest absolute Gasteiger partial charge is 0.0544 e. The maximum Gasteiger partial charge on any atom is 0.0544 e. The molecule has 0 rings (SSSR count). The Bertz CT molecular complexity index is 71.3. The molecule has 0 aliphatic carbocycles. The van der Waals surface area contributed by atoms with E-state index in [0.717, 1.165) is 13.0 Å². The van der Waals surface area contributed by atoms with E-state index in [1.54, 1.807) is 0 Å². The van der Waals surface area contributed by atoms with Crippen LogP contribution in [0.1, 0.15) is 52.9 Å². The summed E-state index contributed by atoms with van der Waals surface area (Å²) in [5, 5.41) is 0. The summed E-state index contributed by atoms with van der Waals surface area (Å²) < 4.78 is 5.54. The van der Waals surface area contributed by atoms with Gasteiger partial charge < -0.3 is 4.74 Å². The molecule has 1 nitrogen and oxygen atoms in total. The van der Waals surface area contributed by atoms with Gasteiger partial charge in [-0.05, 0) is 19.8 Å². The predicted molar refractivity (Wildman–Crippen MR) is 49.8 cm³/mol. The Morgan fingerprint density at radius 2 is 1.82 bits per heavy atom. The molecule has 0 heterocycles. The van der Waals surface area contributed by atoms with E-state index in [1.165, 1.54) is 25.7 Å². The molecule has 0 amide bonds. The SMILES string of the molecule is CCCCCCOC(C)CC. The van der Waals surface area contributed by atoms with E-state index >= 15 is 0 Å². The van der Waals surface area contributed by atoms with Crippen LogP contribution in [0.15, 0.2) is 0 Å². The zero-order valence-corrected chi connectivity index (χ0v) is 8.23. The fourth-order valence-corrected chi connectivity index (χ4v) is 0.931. The fourth-order valence-electron chi connectivity index (χ4n) is 0.931. The van der Waals surface area contributed by atoms with E-state index in [9.17, 15) is 0 Å². The number of rotatable bonds is 7. The quantitative estimate of drug-likeness (QED) is 0.516. The number of unbranched alkanes of at least 4 members (excludes halogenated alkanes) is 3. The molecule has 1 atom stereocenters. The minimum atomic E-state index is 0.455. The fraction of sp³-hybridized carbons (Fsp3) is 1.00. The molecule has 0 spiro atoms. The van der Waals surface area contributed by atoms with Crippen LogP contribution in [-0.2, 0) is 4.74 Å². The van der Waals surface area contributed by atoms with Crippen molar-refractivity contribution in [1.29, 1.82) is 0 Å². The lowest BCUT2D eigenvalue weighted by atomic mass is 10.2. The summed E-state index contributed by atoms with van der Waals surface area (Å²) in [5.74, 6) is 0.